The number of pyridine rings is 1. The van der Waals surface area contributed by atoms with Crippen molar-refractivity contribution in [2.45, 2.75) is 13.3 Å². The highest BCUT2D eigenvalue weighted by molar-refractivity contribution is 6.31. The highest BCUT2D eigenvalue weighted by Crippen LogP contribution is 2.20. The van der Waals surface area contributed by atoms with E-state index in [-0.39, 0.29) is 22.2 Å². The number of aromatic nitrogens is 1. The normalized spacial score (nSPS) is 10.2. The van der Waals surface area contributed by atoms with Gasteiger partial charge in [0.15, 0.2) is 0 Å². The molecular weight excluding hydrogens is 321 g/mol. The van der Waals surface area contributed by atoms with Crippen LogP contribution in [0.15, 0.2) is 36.5 Å². The molecule has 0 aliphatic rings. The van der Waals surface area contributed by atoms with Gasteiger partial charge >= 0.3 is 0 Å². The van der Waals surface area contributed by atoms with E-state index in [1.165, 1.54) is 30.5 Å². The van der Waals surface area contributed by atoms with Crippen molar-refractivity contribution in [3.63, 3.8) is 0 Å². The third kappa shape index (κ3) is 4.50. The molecule has 0 saturated carbocycles. The Labute approximate surface area is 137 Å². The van der Waals surface area contributed by atoms with Crippen LogP contribution < -0.4 is 10.6 Å². The number of benzene rings is 1. The Balaban J connectivity index is 2.13. The van der Waals surface area contributed by atoms with Gasteiger partial charge in [0.25, 0.3) is 11.8 Å². The van der Waals surface area contributed by atoms with Gasteiger partial charge in [-0.15, -0.1) is 0 Å². The Morgan fingerprint density at radius 2 is 2.00 bits per heavy atom. The van der Waals surface area contributed by atoms with Crippen LogP contribution in [0.1, 0.15) is 34.2 Å². The number of hydrogen-bond donors (Lipinski definition) is 2. The molecule has 0 aliphatic heterocycles. The van der Waals surface area contributed by atoms with Gasteiger partial charge in [-0.1, -0.05) is 18.5 Å². The number of hydrogen-bond acceptors (Lipinski definition) is 3. The number of amides is 2. The molecule has 0 bridgehead atoms. The highest BCUT2D eigenvalue weighted by atomic mass is 35.5. The SMILES string of the molecule is CCCNC(=O)c1cc(C(=O)Nc2ccc(F)c(Cl)c2)ccn1. The van der Waals surface area contributed by atoms with Crippen molar-refractivity contribution < 1.29 is 14.0 Å². The average Bonchev–Trinajstić information content (AvgIpc) is 2.56. The van der Waals surface area contributed by atoms with E-state index >= 15 is 0 Å². The van der Waals surface area contributed by atoms with E-state index in [2.05, 4.69) is 15.6 Å². The van der Waals surface area contributed by atoms with Crippen molar-refractivity contribution in [3.05, 3.63) is 58.6 Å². The second-order valence-electron chi connectivity index (χ2n) is 4.77. The van der Waals surface area contributed by atoms with Gasteiger partial charge in [-0.05, 0) is 36.8 Å². The van der Waals surface area contributed by atoms with Gasteiger partial charge < -0.3 is 10.6 Å². The molecule has 0 radical (unpaired) electrons. The van der Waals surface area contributed by atoms with Gasteiger partial charge in [-0.25, -0.2) is 4.39 Å². The smallest absolute Gasteiger partial charge is 0.269 e. The maximum absolute atomic E-state index is 13.1. The number of carbonyl (C=O) groups is 2. The third-order valence-corrected chi connectivity index (χ3v) is 3.26. The van der Waals surface area contributed by atoms with E-state index in [0.29, 0.717) is 12.2 Å². The first kappa shape index (κ1) is 16.9. The molecule has 2 aromatic rings. The number of anilines is 1. The fraction of sp³-hybridized carbons (Fsp3) is 0.188. The molecule has 0 spiro atoms. The predicted octanol–water partition coefficient (Wildman–Crippen LogP) is 3.27. The minimum Gasteiger partial charge on any atom is -0.351 e. The second-order valence-corrected chi connectivity index (χ2v) is 5.18. The molecule has 1 heterocycles. The van der Waals surface area contributed by atoms with Crippen LogP contribution in [0.2, 0.25) is 5.02 Å². The lowest BCUT2D eigenvalue weighted by Gasteiger charge is -2.07. The third-order valence-electron chi connectivity index (χ3n) is 2.97. The van der Waals surface area contributed by atoms with Crippen LogP contribution in [0, 0.1) is 5.82 Å². The Morgan fingerprint density at radius 3 is 2.70 bits per heavy atom. The van der Waals surface area contributed by atoms with E-state index in [4.69, 9.17) is 11.6 Å². The molecule has 7 heteroatoms. The highest BCUT2D eigenvalue weighted by Gasteiger charge is 2.12. The molecule has 0 aliphatic carbocycles. The fourth-order valence-corrected chi connectivity index (χ4v) is 1.98. The van der Waals surface area contributed by atoms with E-state index < -0.39 is 11.7 Å². The Morgan fingerprint density at radius 1 is 1.22 bits per heavy atom. The van der Waals surface area contributed by atoms with Crippen molar-refractivity contribution in [3.8, 4) is 0 Å². The summed E-state index contributed by atoms with van der Waals surface area (Å²) in [6, 6.07) is 6.75. The minimum absolute atomic E-state index is 0.0860. The molecule has 0 fully saturated rings. The molecule has 23 heavy (non-hydrogen) atoms. The molecule has 5 nitrogen and oxygen atoms in total. The molecule has 1 aromatic carbocycles. The molecule has 0 atom stereocenters. The van der Waals surface area contributed by atoms with Gasteiger partial charge in [0.05, 0.1) is 5.02 Å². The first-order chi connectivity index (χ1) is 11.0. The lowest BCUT2D eigenvalue weighted by Crippen LogP contribution is -2.25. The zero-order chi connectivity index (χ0) is 16.8. The molecule has 0 saturated heterocycles. The van der Waals surface area contributed by atoms with Gasteiger partial charge in [0.1, 0.15) is 11.5 Å². The second kappa shape index (κ2) is 7.69. The Kier molecular flexibility index (Phi) is 5.65. The Hall–Kier alpha value is -2.47. The summed E-state index contributed by atoms with van der Waals surface area (Å²) in [5.41, 5.74) is 0.778. The maximum atomic E-state index is 13.1. The van der Waals surface area contributed by atoms with E-state index in [1.807, 2.05) is 6.92 Å². The summed E-state index contributed by atoms with van der Waals surface area (Å²) in [5.74, 6) is -1.35. The largest absolute Gasteiger partial charge is 0.351 e. The molecule has 1 aromatic heterocycles. The van der Waals surface area contributed by atoms with Crippen LogP contribution in [0.4, 0.5) is 10.1 Å². The summed E-state index contributed by atoms with van der Waals surface area (Å²) in [6.07, 6.45) is 2.19. The summed E-state index contributed by atoms with van der Waals surface area (Å²) in [6.45, 7) is 2.47. The number of halogens is 2. The standard InChI is InChI=1S/C16H15ClFN3O2/c1-2-6-20-16(23)14-8-10(5-7-19-14)15(22)21-11-3-4-13(18)12(17)9-11/h3-5,7-9H,2,6H2,1H3,(H,20,23)(H,21,22). The van der Waals surface area contributed by atoms with Crippen LogP contribution >= 0.6 is 11.6 Å². The monoisotopic (exact) mass is 335 g/mol. The van der Waals surface area contributed by atoms with Crippen LogP contribution in [-0.2, 0) is 0 Å². The van der Waals surface area contributed by atoms with Gasteiger partial charge in [-0.2, -0.15) is 0 Å². The average molecular weight is 336 g/mol. The number of rotatable bonds is 5. The van der Waals surface area contributed by atoms with Gasteiger partial charge in [0, 0.05) is 24.0 Å². The molecule has 120 valence electrons. The van der Waals surface area contributed by atoms with Crippen molar-refractivity contribution in [2.24, 2.45) is 0 Å². The van der Waals surface area contributed by atoms with E-state index in [9.17, 15) is 14.0 Å². The fourth-order valence-electron chi connectivity index (χ4n) is 1.80. The van der Waals surface area contributed by atoms with Gasteiger partial charge in [-0.3, -0.25) is 14.6 Å². The lowest BCUT2D eigenvalue weighted by atomic mass is 10.2. The van der Waals surface area contributed by atoms with E-state index in [1.54, 1.807) is 0 Å². The quantitative estimate of drug-likeness (QED) is 0.881. The zero-order valence-corrected chi connectivity index (χ0v) is 13.2. The summed E-state index contributed by atoms with van der Waals surface area (Å²) in [7, 11) is 0. The molecular formula is C16H15ClFN3O2. The van der Waals surface area contributed by atoms with Crippen LogP contribution in [0.25, 0.3) is 0 Å². The molecule has 2 N–H and O–H groups in total. The van der Waals surface area contributed by atoms with E-state index in [0.717, 1.165) is 12.5 Å². The van der Waals surface area contributed by atoms with Crippen molar-refractivity contribution in [1.82, 2.24) is 10.3 Å². The van der Waals surface area contributed by atoms with Crippen LogP contribution in [0.3, 0.4) is 0 Å². The summed E-state index contributed by atoms with van der Waals surface area (Å²) < 4.78 is 13.1. The van der Waals surface area contributed by atoms with Crippen LogP contribution in [-0.4, -0.2) is 23.3 Å². The predicted molar refractivity (Wildman–Crippen MR) is 86.2 cm³/mol. The maximum Gasteiger partial charge on any atom is 0.269 e. The minimum atomic E-state index is -0.566. The van der Waals surface area contributed by atoms with Gasteiger partial charge in [0.2, 0.25) is 0 Å². The number of carbonyl (C=O) groups excluding carboxylic acids is 2. The summed E-state index contributed by atoms with van der Waals surface area (Å²) in [4.78, 5) is 28.0. The van der Waals surface area contributed by atoms with Crippen molar-refractivity contribution >= 4 is 29.1 Å². The summed E-state index contributed by atoms with van der Waals surface area (Å²) >= 11 is 5.67. The molecule has 0 unspecified atom stereocenters. The zero-order valence-electron chi connectivity index (χ0n) is 12.4. The van der Waals surface area contributed by atoms with Crippen molar-refractivity contribution in [1.29, 1.82) is 0 Å². The molecule has 2 rings (SSSR count). The number of nitrogens with zero attached hydrogens (tertiary/aromatic N) is 1. The first-order valence-electron chi connectivity index (χ1n) is 7.02. The number of nitrogens with one attached hydrogen (secondary N) is 2. The van der Waals surface area contributed by atoms with Crippen molar-refractivity contribution in [2.75, 3.05) is 11.9 Å². The topological polar surface area (TPSA) is 71.1 Å². The first-order valence-corrected chi connectivity index (χ1v) is 7.39. The molecule has 2 amide bonds. The van der Waals surface area contributed by atoms with Crippen LogP contribution in [0.5, 0.6) is 0 Å². The summed E-state index contributed by atoms with van der Waals surface area (Å²) in [5, 5.41) is 5.19. The Bertz CT molecular complexity index is 737. The lowest BCUT2D eigenvalue weighted by molar-refractivity contribution is 0.0948.